The normalized spacial score (nSPS) is 14.2. The molecular formula is C27H25Cl2N3O3. The Morgan fingerprint density at radius 1 is 1.00 bits per heavy atom. The second kappa shape index (κ2) is 11.9. The number of hydrogen-bond donors (Lipinski definition) is 1. The van der Waals surface area contributed by atoms with Crippen LogP contribution in [0.3, 0.4) is 0 Å². The third-order valence-electron chi connectivity index (χ3n) is 5.85. The van der Waals surface area contributed by atoms with Crippen LogP contribution in [0.25, 0.3) is 0 Å². The van der Waals surface area contributed by atoms with Gasteiger partial charge in [-0.25, -0.2) is 5.43 Å². The molecule has 0 atom stereocenters. The molecule has 0 radical (unpaired) electrons. The molecule has 1 aliphatic heterocycles. The van der Waals surface area contributed by atoms with Crippen LogP contribution in [0.15, 0.2) is 77.9 Å². The van der Waals surface area contributed by atoms with Crippen LogP contribution in [0.5, 0.6) is 5.75 Å². The number of rotatable bonds is 7. The van der Waals surface area contributed by atoms with Crippen molar-refractivity contribution in [2.24, 2.45) is 11.0 Å². The first-order chi connectivity index (χ1) is 17.0. The van der Waals surface area contributed by atoms with Crippen molar-refractivity contribution in [3.05, 3.63) is 99.5 Å². The van der Waals surface area contributed by atoms with E-state index in [1.807, 2.05) is 54.6 Å². The smallest absolute Gasteiger partial charge is 0.255 e. The summed E-state index contributed by atoms with van der Waals surface area (Å²) >= 11 is 12.1. The molecule has 35 heavy (non-hydrogen) atoms. The van der Waals surface area contributed by atoms with Crippen molar-refractivity contribution < 1.29 is 14.3 Å². The molecule has 0 bridgehead atoms. The third-order valence-corrected chi connectivity index (χ3v) is 6.40. The number of carbonyl (C=O) groups excluding carboxylic acids is 2. The number of piperidine rings is 1. The number of hydrazone groups is 1. The Labute approximate surface area is 214 Å². The summed E-state index contributed by atoms with van der Waals surface area (Å²) in [5, 5.41) is 4.94. The van der Waals surface area contributed by atoms with Crippen LogP contribution >= 0.6 is 23.2 Å². The van der Waals surface area contributed by atoms with E-state index in [9.17, 15) is 9.59 Å². The van der Waals surface area contributed by atoms with E-state index < -0.39 is 0 Å². The molecule has 3 aromatic rings. The molecule has 2 amide bonds. The zero-order valence-electron chi connectivity index (χ0n) is 19.0. The number of likely N-dealkylation sites (tertiary alicyclic amines) is 1. The first-order valence-corrected chi connectivity index (χ1v) is 12.1. The van der Waals surface area contributed by atoms with Crippen LogP contribution in [0.2, 0.25) is 10.0 Å². The largest absolute Gasteiger partial charge is 0.488 e. The van der Waals surface area contributed by atoms with Crippen molar-refractivity contribution >= 4 is 41.2 Å². The highest BCUT2D eigenvalue weighted by molar-refractivity contribution is 6.36. The van der Waals surface area contributed by atoms with Gasteiger partial charge in [0.25, 0.3) is 5.91 Å². The number of para-hydroxylation sites is 1. The summed E-state index contributed by atoms with van der Waals surface area (Å²) in [5.41, 5.74) is 4.88. The highest BCUT2D eigenvalue weighted by Gasteiger charge is 2.28. The maximum Gasteiger partial charge on any atom is 0.255 e. The maximum absolute atomic E-state index is 12.8. The van der Waals surface area contributed by atoms with E-state index in [2.05, 4.69) is 10.5 Å². The first kappa shape index (κ1) is 24.8. The van der Waals surface area contributed by atoms with E-state index in [4.69, 9.17) is 27.9 Å². The van der Waals surface area contributed by atoms with E-state index in [-0.39, 0.29) is 17.7 Å². The SMILES string of the molecule is O=C(N/N=C\c1ccccc1OCc1ccccc1)C1CCN(C(=O)c2ccc(Cl)cc2Cl)CC1. The minimum atomic E-state index is -0.221. The van der Waals surface area contributed by atoms with Gasteiger partial charge >= 0.3 is 0 Å². The lowest BCUT2D eigenvalue weighted by molar-refractivity contribution is -0.126. The van der Waals surface area contributed by atoms with Crippen molar-refractivity contribution in [2.75, 3.05) is 13.1 Å². The third kappa shape index (κ3) is 6.62. The fourth-order valence-electron chi connectivity index (χ4n) is 3.89. The summed E-state index contributed by atoms with van der Waals surface area (Å²) in [5.74, 6) is 0.139. The summed E-state index contributed by atoms with van der Waals surface area (Å²) in [6, 6.07) is 22.2. The van der Waals surface area contributed by atoms with Crippen LogP contribution in [0.1, 0.15) is 34.3 Å². The lowest BCUT2D eigenvalue weighted by Crippen LogP contribution is -2.42. The van der Waals surface area contributed by atoms with Gasteiger partial charge in [0.05, 0.1) is 16.8 Å². The number of nitrogens with zero attached hydrogens (tertiary/aromatic N) is 2. The summed E-state index contributed by atoms with van der Waals surface area (Å²) in [6.45, 7) is 1.38. The minimum absolute atomic E-state index is 0.157. The van der Waals surface area contributed by atoms with Gasteiger partial charge in [-0.05, 0) is 48.7 Å². The van der Waals surface area contributed by atoms with Gasteiger partial charge < -0.3 is 9.64 Å². The summed E-state index contributed by atoms with van der Waals surface area (Å²) in [6.07, 6.45) is 2.68. The van der Waals surface area contributed by atoms with Crippen molar-refractivity contribution in [2.45, 2.75) is 19.4 Å². The predicted octanol–water partition coefficient (Wildman–Crippen LogP) is 5.57. The minimum Gasteiger partial charge on any atom is -0.488 e. The van der Waals surface area contributed by atoms with Gasteiger partial charge in [-0.2, -0.15) is 5.10 Å². The predicted molar refractivity (Wildman–Crippen MR) is 138 cm³/mol. The Bertz CT molecular complexity index is 1210. The highest BCUT2D eigenvalue weighted by atomic mass is 35.5. The molecule has 180 valence electrons. The van der Waals surface area contributed by atoms with Crippen molar-refractivity contribution in [1.82, 2.24) is 10.3 Å². The molecule has 6 nitrogen and oxygen atoms in total. The molecule has 1 aliphatic rings. The quantitative estimate of drug-likeness (QED) is 0.334. The number of hydrogen-bond acceptors (Lipinski definition) is 4. The van der Waals surface area contributed by atoms with Crippen LogP contribution in [0, 0.1) is 5.92 Å². The summed E-state index contributed by atoms with van der Waals surface area (Å²) in [7, 11) is 0. The zero-order chi connectivity index (χ0) is 24.6. The van der Waals surface area contributed by atoms with Gasteiger partial charge in [0, 0.05) is 29.6 Å². The molecule has 3 aromatic carbocycles. The van der Waals surface area contributed by atoms with Gasteiger partial charge in [-0.1, -0.05) is 65.7 Å². The number of ether oxygens (including phenoxy) is 1. The van der Waals surface area contributed by atoms with E-state index >= 15 is 0 Å². The topological polar surface area (TPSA) is 71.0 Å². The zero-order valence-corrected chi connectivity index (χ0v) is 20.5. The number of amides is 2. The Morgan fingerprint density at radius 2 is 1.71 bits per heavy atom. The van der Waals surface area contributed by atoms with Crippen LogP contribution in [0.4, 0.5) is 0 Å². The van der Waals surface area contributed by atoms with Gasteiger partial charge in [-0.3, -0.25) is 9.59 Å². The summed E-state index contributed by atoms with van der Waals surface area (Å²) in [4.78, 5) is 27.1. The molecule has 8 heteroatoms. The molecule has 1 heterocycles. The van der Waals surface area contributed by atoms with E-state index in [0.29, 0.717) is 53.9 Å². The van der Waals surface area contributed by atoms with Crippen molar-refractivity contribution in [1.29, 1.82) is 0 Å². The summed E-state index contributed by atoms with van der Waals surface area (Å²) < 4.78 is 5.92. The fraction of sp³-hybridized carbons (Fsp3) is 0.222. The molecular weight excluding hydrogens is 485 g/mol. The average Bonchev–Trinajstić information content (AvgIpc) is 2.88. The maximum atomic E-state index is 12.8. The molecule has 0 unspecified atom stereocenters. The van der Waals surface area contributed by atoms with Crippen molar-refractivity contribution in [3.8, 4) is 5.75 Å². The molecule has 4 rings (SSSR count). The highest BCUT2D eigenvalue weighted by Crippen LogP contribution is 2.25. The number of halogens is 2. The van der Waals surface area contributed by atoms with E-state index in [1.165, 1.54) is 0 Å². The Balaban J connectivity index is 1.28. The standard InChI is InChI=1S/C27H25Cl2N3O3/c28-22-10-11-23(24(29)16-22)27(34)32-14-12-20(13-15-32)26(33)31-30-17-21-8-4-5-9-25(21)35-18-19-6-2-1-3-7-19/h1-11,16-17,20H,12-15,18H2,(H,31,33)/b30-17-. The van der Waals surface area contributed by atoms with E-state index in [1.54, 1.807) is 29.3 Å². The van der Waals surface area contributed by atoms with Crippen LogP contribution in [-0.2, 0) is 11.4 Å². The number of benzene rings is 3. The Hall–Kier alpha value is -3.35. The van der Waals surface area contributed by atoms with Crippen molar-refractivity contribution in [3.63, 3.8) is 0 Å². The number of carbonyl (C=O) groups is 2. The van der Waals surface area contributed by atoms with Crippen LogP contribution < -0.4 is 10.2 Å². The average molecular weight is 510 g/mol. The lowest BCUT2D eigenvalue weighted by Gasteiger charge is -2.31. The molecule has 0 aromatic heterocycles. The Kier molecular flexibility index (Phi) is 8.40. The second-order valence-corrected chi connectivity index (χ2v) is 9.08. The van der Waals surface area contributed by atoms with E-state index in [0.717, 1.165) is 11.1 Å². The van der Waals surface area contributed by atoms with Gasteiger partial charge in [0.1, 0.15) is 12.4 Å². The molecule has 0 saturated carbocycles. The fourth-order valence-corrected chi connectivity index (χ4v) is 4.38. The molecule has 0 aliphatic carbocycles. The molecule has 1 saturated heterocycles. The molecule has 1 fully saturated rings. The Morgan fingerprint density at radius 3 is 2.46 bits per heavy atom. The molecule has 1 N–H and O–H groups in total. The molecule has 0 spiro atoms. The van der Waals surface area contributed by atoms with Gasteiger partial charge in [0.2, 0.25) is 5.91 Å². The van der Waals surface area contributed by atoms with Gasteiger partial charge in [0.15, 0.2) is 0 Å². The van der Waals surface area contributed by atoms with Crippen LogP contribution in [-0.4, -0.2) is 36.0 Å². The monoisotopic (exact) mass is 509 g/mol. The second-order valence-electron chi connectivity index (χ2n) is 8.24. The van der Waals surface area contributed by atoms with Gasteiger partial charge in [-0.15, -0.1) is 0 Å². The lowest BCUT2D eigenvalue weighted by atomic mass is 9.95. The first-order valence-electron chi connectivity index (χ1n) is 11.3. The number of nitrogens with one attached hydrogen (secondary N) is 1.